The summed E-state index contributed by atoms with van der Waals surface area (Å²) in [5.41, 5.74) is 4.59. The Labute approximate surface area is 117 Å². The van der Waals surface area contributed by atoms with E-state index in [0.717, 1.165) is 0 Å². The van der Waals surface area contributed by atoms with Crippen molar-refractivity contribution in [3.63, 3.8) is 0 Å². The van der Waals surface area contributed by atoms with E-state index in [1.807, 2.05) is 0 Å². The maximum Gasteiger partial charge on any atom is 0.347 e. The smallest absolute Gasteiger partial charge is 0.347 e. The van der Waals surface area contributed by atoms with Gasteiger partial charge in [-0.3, -0.25) is 0 Å². The van der Waals surface area contributed by atoms with Gasteiger partial charge in [0, 0.05) is 6.07 Å². The Hall–Kier alpha value is -1.33. The standard InChI is InChI=1S/C9H14N3O8P/c10-5-1-3(11-9(15)12-5)7-6(14)8(4(2-13)19-7)20-21(16,17)18/h1,4,6-8,13-14H,2H2,(H2,16,17,18)(H3,10,11,12,15)/p-2. The summed E-state index contributed by atoms with van der Waals surface area (Å²) in [6.45, 7) is -0.705. The van der Waals surface area contributed by atoms with Gasteiger partial charge in [-0.25, -0.2) is 4.79 Å². The minimum absolute atomic E-state index is 0.0104. The normalized spacial score (nSPS) is 29.7. The van der Waals surface area contributed by atoms with Gasteiger partial charge in [-0.05, 0) is 0 Å². The Kier molecular flexibility index (Phi) is 4.44. The Balaban J connectivity index is 2.30. The monoisotopic (exact) mass is 321 g/mol. The van der Waals surface area contributed by atoms with Gasteiger partial charge in [-0.1, -0.05) is 0 Å². The number of nitrogen functional groups attached to an aromatic ring is 1. The summed E-state index contributed by atoms with van der Waals surface area (Å²) in [6, 6.07) is 1.19. The summed E-state index contributed by atoms with van der Waals surface area (Å²) in [7, 11) is -5.40. The Bertz CT molecular complexity index is 615. The van der Waals surface area contributed by atoms with E-state index in [9.17, 15) is 24.3 Å². The van der Waals surface area contributed by atoms with E-state index >= 15 is 0 Å². The third kappa shape index (κ3) is 3.66. The van der Waals surface area contributed by atoms with Crippen LogP contribution in [0, 0.1) is 0 Å². The first kappa shape index (κ1) is 16.0. The topological polar surface area (TPSA) is 194 Å². The molecule has 1 saturated heterocycles. The van der Waals surface area contributed by atoms with E-state index in [2.05, 4.69) is 14.5 Å². The molecule has 4 unspecified atom stereocenters. The van der Waals surface area contributed by atoms with Crippen LogP contribution in [0.15, 0.2) is 10.9 Å². The lowest BCUT2D eigenvalue weighted by molar-refractivity contribution is -0.347. The van der Waals surface area contributed by atoms with Gasteiger partial charge in [-0.2, -0.15) is 4.98 Å². The zero-order chi connectivity index (χ0) is 15.8. The van der Waals surface area contributed by atoms with Gasteiger partial charge in [0.2, 0.25) is 0 Å². The number of ether oxygens (including phenoxy) is 1. The van der Waals surface area contributed by atoms with E-state index in [1.54, 1.807) is 0 Å². The van der Waals surface area contributed by atoms with Crippen molar-refractivity contribution in [3.8, 4) is 0 Å². The third-order valence-electron chi connectivity index (χ3n) is 2.86. The molecule has 1 aliphatic heterocycles. The van der Waals surface area contributed by atoms with Crippen LogP contribution in [0.1, 0.15) is 11.8 Å². The average Bonchev–Trinajstić information content (AvgIpc) is 2.63. The molecular formula is C9H12N3O8P-2. The van der Waals surface area contributed by atoms with Gasteiger partial charge in [-0.15, -0.1) is 0 Å². The number of aromatic nitrogens is 2. The SMILES string of the molecule is Nc1cc(C2OC(CO)C(OP(=O)([O-])[O-])C2O)[nH]c(=O)n1. The van der Waals surface area contributed by atoms with Crippen molar-refractivity contribution in [2.75, 3.05) is 12.3 Å². The van der Waals surface area contributed by atoms with E-state index in [1.165, 1.54) is 6.07 Å². The highest BCUT2D eigenvalue weighted by Crippen LogP contribution is 2.40. The quantitative estimate of drug-likeness (QED) is 0.402. The van der Waals surface area contributed by atoms with Gasteiger partial charge in [0.1, 0.15) is 30.2 Å². The summed E-state index contributed by atoms with van der Waals surface area (Å²) in [4.78, 5) is 38.2. The van der Waals surface area contributed by atoms with Crippen molar-refractivity contribution < 1.29 is 33.8 Å². The fraction of sp³-hybridized carbons (Fsp3) is 0.556. The van der Waals surface area contributed by atoms with Crippen LogP contribution in [-0.2, 0) is 13.8 Å². The van der Waals surface area contributed by atoms with Gasteiger partial charge in [0.25, 0.3) is 0 Å². The largest absolute Gasteiger partial charge is 0.790 e. The lowest BCUT2D eigenvalue weighted by Gasteiger charge is -2.34. The zero-order valence-corrected chi connectivity index (χ0v) is 11.3. The predicted molar refractivity (Wildman–Crippen MR) is 62.5 cm³/mol. The Morgan fingerprint density at radius 3 is 2.76 bits per heavy atom. The van der Waals surface area contributed by atoms with Crippen LogP contribution >= 0.6 is 7.82 Å². The average molecular weight is 321 g/mol. The highest BCUT2D eigenvalue weighted by molar-refractivity contribution is 7.43. The summed E-state index contributed by atoms with van der Waals surface area (Å²) < 4.78 is 20.1. The van der Waals surface area contributed by atoms with E-state index in [0.29, 0.717) is 0 Å². The van der Waals surface area contributed by atoms with E-state index in [-0.39, 0.29) is 11.5 Å². The molecule has 1 aromatic heterocycles. The molecule has 11 nitrogen and oxygen atoms in total. The van der Waals surface area contributed by atoms with Crippen LogP contribution in [0.3, 0.4) is 0 Å². The van der Waals surface area contributed by atoms with E-state index in [4.69, 9.17) is 15.6 Å². The number of nitrogens with two attached hydrogens (primary N) is 1. The van der Waals surface area contributed by atoms with Crippen molar-refractivity contribution >= 4 is 13.6 Å². The molecule has 0 bridgehead atoms. The van der Waals surface area contributed by atoms with Crippen molar-refractivity contribution in [2.45, 2.75) is 24.4 Å². The minimum atomic E-state index is -5.40. The fourth-order valence-corrected chi connectivity index (χ4v) is 2.63. The molecule has 1 aromatic rings. The second kappa shape index (κ2) is 5.81. The molecule has 5 N–H and O–H groups in total. The number of hydrogen-bond acceptors (Lipinski definition) is 10. The lowest BCUT2D eigenvalue weighted by atomic mass is 10.1. The summed E-state index contributed by atoms with van der Waals surface area (Å²) in [5.74, 6) is -0.146. The van der Waals surface area contributed by atoms with Crippen LogP contribution in [0.4, 0.5) is 5.82 Å². The molecular weight excluding hydrogens is 309 g/mol. The molecule has 2 rings (SSSR count). The Morgan fingerprint density at radius 2 is 2.24 bits per heavy atom. The van der Waals surface area contributed by atoms with Crippen molar-refractivity contribution in [1.29, 1.82) is 0 Å². The molecule has 2 heterocycles. The molecule has 1 fully saturated rings. The van der Waals surface area contributed by atoms with Crippen molar-refractivity contribution in [1.82, 2.24) is 9.97 Å². The highest BCUT2D eigenvalue weighted by Gasteiger charge is 2.46. The predicted octanol–water partition coefficient (Wildman–Crippen LogP) is -3.64. The maximum atomic E-state index is 11.2. The molecule has 0 aromatic carbocycles. The highest BCUT2D eigenvalue weighted by atomic mass is 31.2. The molecule has 21 heavy (non-hydrogen) atoms. The third-order valence-corrected chi connectivity index (χ3v) is 3.36. The van der Waals surface area contributed by atoms with Crippen LogP contribution in [0.2, 0.25) is 0 Å². The second-order valence-electron chi connectivity index (χ2n) is 4.35. The number of anilines is 1. The first-order valence-corrected chi connectivity index (χ1v) is 7.19. The number of aromatic amines is 1. The first-order valence-electron chi connectivity index (χ1n) is 5.73. The fourth-order valence-electron chi connectivity index (χ4n) is 2.07. The maximum absolute atomic E-state index is 11.2. The zero-order valence-electron chi connectivity index (χ0n) is 10.4. The van der Waals surface area contributed by atoms with Gasteiger partial charge in [0.05, 0.1) is 20.1 Å². The molecule has 4 atom stereocenters. The van der Waals surface area contributed by atoms with Crippen LogP contribution in [0.25, 0.3) is 0 Å². The molecule has 1 aliphatic rings. The van der Waals surface area contributed by atoms with E-state index < -0.39 is 44.5 Å². The number of nitrogens with one attached hydrogen (secondary N) is 1. The van der Waals surface area contributed by atoms with Crippen molar-refractivity contribution in [3.05, 3.63) is 22.2 Å². The number of hydrogen-bond donors (Lipinski definition) is 4. The summed E-state index contributed by atoms with van der Waals surface area (Å²) in [5, 5.41) is 19.1. The number of phosphoric acid groups is 1. The lowest BCUT2D eigenvalue weighted by Crippen LogP contribution is -2.37. The molecule has 0 amide bonds. The number of H-pyrrole nitrogens is 1. The van der Waals surface area contributed by atoms with Crippen LogP contribution in [-0.4, -0.2) is 45.1 Å². The number of aliphatic hydroxyl groups is 2. The second-order valence-corrected chi connectivity index (χ2v) is 5.46. The summed E-state index contributed by atoms with van der Waals surface area (Å²) >= 11 is 0. The molecule has 118 valence electrons. The van der Waals surface area contributed by atoms with Crippen LogP contribution < -0.4 is 21.2 Å². The minimum Gasteiger partial charge on any atom is -0.790 e. The molecule has 0 aliphatic carbocycles. The number of phosphoric ester groups is 1. The summed E-state index contributed by atoms with van der Waals surface area (Å²) in [6.07, 6.45) is -5.72. The molecule has 0 radical (unpaired) electrons. The van der Waals surface area contributed by atoms with Gasteiger partial charge >= 0.3 is 5.69 Å². The Morgan fingerprint density at radius 1 is 1.57 bits per heavy atom. The van der Waals surface area contributed by atoms with Gasteiger partial charge < -0.3 is 44.5 Å². The molecule has 0 spiro atoms. The number of rotatable bonds is 4. The number of nitrogens with zero attached hydrogens (tertiary/aromatic N) is 1. The first-order chi connectivity index (χ1) is 9.71. The molecule has 0 saturated carbocycles. The van der Waals surface area contributed by atoms with Gasteiger partial charge in [0.15, 0.2) is 0 Å². The van der Waals surface area contributed by atoms with Crippen molar-refractivity contribution in [2.24, 2.45) is 0 Å². The molecule has 12 heteroatoms. The number of aliphatic hydroxyl groups excluding tert-OH is 2. The van der Waals surface area contributed by atoms with Crippen LogP contribution in [0.5, 0.6) is 0 Å².